The van der Waals surface area contributed by atoms with Crippen LogP contribution in [-0.4, -0.2) is 50.1 Å². The van der Waals surface area contributed by atoms with Crippen LogP contribution in [0.25, 0.3) is 22.0 Å². The lowest BCUT2D eigenvalue weighted by atomic mass is 10.0. The maximum atomic E-state index is 14.1. The Balaban J connectivity index is 1.72. The highest BCUT2D eigenvalue weighted by atomic mass is 19.1. The van der Waals surface area contributed by atoms with Crippen molar-refractivity contribution in [1.82, 2.24) is 20.5 Å². The summed E-state index contributed by atoms with van der Waals surface area (Å²) in [7, 11) is 0. The molecule has 1 saturated carbocycles. The van der Waals surface area contributed by atoms with Crippen molar-refractivity contribution in [3.05, 3.63) is 42.4 Å². The van der Waals surface area contributed by atoms with Crippen LogP contribution in [0.1, 0.15) is 44.0 Å². The Morgan fingerprint density at radius 1 is 1.33 bits per heavy atom. The van der Waals surface area contributed by atoms with Crippen molar-refractivity contribution in [2.24, 2.45) is 0 Å². The molecule has 158 valence electrons. The Hall–Kier alpha value is -3.00. The first-order chi connectivity index (χ1) is 14.2. The number of benzene rings is 1. The van der Waals surface area contributed by atoms with Crippen molar-refractivity contribution in [2.75, 3.05) is 11.9 Å². The number of carbonyl (C=O) groups is 1. The number of nitrogens with zero attached hydrogens (tertiary/aromatic N) is 2. The Kier molecular flexibility index (Phi) is 4.97. The highest BCUT2D eigenvalue weighted by molar-refractivity contribution is 6.08. The molecule has 1 aliphatic rings. The Bertz CT molecular complexity index is 1070. The number of alkyl halides is 1. The largest absolute Gasteiger partial charge is 0.387 e. The van der Waals surface area contributed by atoms with E-state index in [1.807, 2.05) is 18.2 Å². The van der Waals surface area contributed by atoms with Crippen molar-refractivity contribution in [3.8, 4) is 11.1 Å². The zero-order chi connectivity index (χ0) is 21.5. The van der Waals surface area contributed by atoms with Gasteiger partial charge in [0.05, 0.1) is 35.1 Å². The SMILES string of the molecule is CC1(Nc2c(C(=O)NC[C@@H](F)C(C)(C)O)cnc3ccc(-c4cn[nH]c4)cc23)CC1. The monoisotopic (exact) mass is 411 g/mol. The minimum atomic E-state index is -1.58. The van der Waals surface area contributed by atoms with Crippen molar-refractivity contribution in [3.63, 3.8) is 0 Å². The number of aromatic amines is 1. The van der Waals surface area contributed by atoms with Gasteiger partial charge in [0.15, 0.2) is 0 Å². The first-order valence-corrected chi connectivity index (χ1v) is 10.0. The molecule has 3 aromatic rings. The van der Waals surface area contributed by atoms with Crippen LogP contribution >= 0.6 is 0 Å². The van der Waals surface area contributed by atoms with E-state index in [2.05, 4.69) is 32.7 Å². The predicted octanol–water partition coefficient (Wildman–Crippen LogP) is 3.43. The van der Waals surface area contributed by atoms with Crippen LogP contribution in [0.5, 0.6) is 0 Å². The van der Waals surface area contributed by atoms with Gasteiger partial charge in [-0.3, -0.25) is 14.9 Å². The number of amides is 1. The molecule has 0 aliphatic heterocycles. The number of hydrogen-bond donors (Lipinski definition) is 4. The van der Waals surface area contributed by atoms with Gasteiger partial charge in [0.1, 0.15) is 6.17 Å². The van der Waals surface area contributed by atoms with E-state index < -0.39 is 17.7 Å². The van der Waals surface area contributed by atoms with E-state index >= 15 is 0 Å². The normalized spacial score (nSPS) is 16.3. The van der Waals surface area contributed by atoms with Crippen LogP contribution < -0.4 is 10.6 Å². The van der Waals surface area contributed by atoms with E-state index in [0.29, 0.717) is 11.3 Å². The van der Waals surface area contributed by atoms with Crippen LogP contribution in [0.2, 0.25) is 0 Å². The van der Waals surface area contributed by atoms with Crippen LogP contribution in [0.3, 0.4) is 0 Å². The summed E-state index contributed by atoms with van der Waals surface area (Å²) in [5, 5.41) is 23.5. The number of fused-ring (bicyclic) bond motifs is 1. The number of hydrogen-bond acceptors (Lipinski definition) is 5. The van der Waals surface area contributed by atoms with E-state index in [1.54, 1.807) is 12.4 Å². The number of pyridine rings is 1. The second-order valence-corrected chi connectivity index (χ2v) is 8.78. The molecule has 7 nitrogen and oxygen atoms in total. The number of carbonyl (C=O) groups excluding carboxylic acids is 1. The molecule has 0 spiro atoms. The zero-order valence-corrected chi connectivity index (χ0v) is 17.3. The minimum absolute atomic E-state index is 0.0787. The third-order valence-corrected chi connectivity index (χ3v) is 5.58. The van der Waals surface area contributed by atoms with Crippen LogP contribution in [-0.2, 0) is 0 Å². The maximum Gasteiger partial charge on any atom is 0.255 e. The fraction of sp³-hybridized carbons (Fsp3) is 0.409. The second-order valence-electron chi connectivity index (χ2n) is 8.78. The molecular weight excluding hydrogens is 385 g/mol. The Labute approximate surface area is 174 Å². The number of aliphatic hydroxyl groups is 1. The number of H-pyrrole nitrogens is 1. The standard InChI is InChI=1S/C22H26FN5O2/c1-21(2,30)18(23)12-25-20(29)16-11-24-17-5-4-13(14-9-26-27-10-14)8-15(17)19(16)28-22(3)6-7-22/h4-5,8-11,18,30H,6-7,12H2,1-3H3,(H,24,28)(H,25,29)(H,26,27)/t18-/m1/s1. The molecule has 4 N–H and O–H groups in total. The van der Waals surface area contributed by atoms with Gasteiger partial charge in [0.2, 0.25) is 0 Å². The molecule has 0 saturated heterocycles. The first-order valence-electron chi connectivity index (χ1n) is 10.0. The highest BCUT2D eigenvalue weighted by Crippen LogP contribution is 2.41. The molecule has 2 aromatic heterocycles. The molecule has 1 aromatic carbocycles. The summed E-state index contributed by atoms with van der Waals surface area (Å²) in [6.07, 6.45) is 5.48. The molecule has 1 amide bonds. The lowest BCUT2D eigenvalue weighted by molar-refractivity contribution is -0.00177. The van der Waals surface area contributed by atoms with Gasteiger partial charge >= 0.3 is 0 Å². The molecule has 4 rings (SSSR count). The summed E-state index contributed by atoms with van der Waals surface area (Å²) < 4.78 is 14.1. The van der Waals surface area contributed by atoms with Gasteiger partial charge in [0, 0.05) is 28.9 Å². The fourth-order valence-corrected chi connectivity index (χ4v) is 3.23. The fourth-order valence-electron chi connectivity index (χ4n) is 3.23. The van der Waals surface area contributed by atoms with Gasteiger partial charge in [-0.15, -0.1) is 0 Å². The van der Waals surface area contributed by atoms with Gasteiger partial charge < -0.3 is 15.7 Å². The molecule has 1 fully saturated rings. The molecular formula is C22H26FN5O2. The molecule has 8 heteroatoms. The van der Waals surface area contributed by atoms with E-state index in [1.165, 1.54) is 20.0 Å². The minimum Gasteiger partial charge on any atom is -0.387 e. The van der Waals surface area contributed by atoms with Crippen molar-refractivity contribution in [2.45, 2.75) is 50.9 Å². The molecule has 0 bridgehead atoms. The Morgan fingerprint density at radius 2 is 2.10 bits per heavy atom. The number of aromatic nitrogens is 3. The zero-order valence-electron chi connectivity index (χ0n) is 17.3. The number of anilines is 1. The summed E-state index contributed by atoms with van der Waals surface area (Å²) in [6.45, 7) is 4.57. The van der Waals surface area contributed by atoms with E-state index in [9.17, 15) is 14.3 Å². The van der Waals surface area contributed by atoms with Crippen LogP contribution in [0.15, 0.2) is 36.8 Å². The maximum absolute atomic E-state index is 14.1. The molecule has 1 aliphatic carbocycles. The highest BCUT2D eigenvalue weighted by Gasteiger charge is 2.38. The smallest absolute Gasteiger partial charge is 0.255 e. The second kappa shape index (κ2) is 7.36. The number of rotatable bonds is 7. The topological polar surface area (TPSA) is 103 Å². The molecule has 0 unspecified atom stereocenters. The van der Waals surface area contributed by atoms with Crippen molar-refractivity contribution in [1.29, 1.82) is 0 Å². The van der Waals surface area contributed by atoms with Gasteiger partial charge in [-0.05, 0) is 51.3 Å². The summed E-state index contributed by atoms with van der Waals surface area (Å²) >= 11 is 0. The molecule has 2 heterocycles. The Morgan fingerprint density at radius 3 is 2.73 bits per heavy atom. The van der Waals surface area contributed by atoms with E-state index in [-0.39, 0.29) is 12.1 Å². The van der Waals surface area contributed by atoms with Crippen molar-refractivity contribution < 1.29 is 14.3 Å². The predicted molar refractivity (Wildman–Crippen MR) is 114 cm³/mol. The number of nitrogens with one attached hydrogen (secondary N) is 3. The summed E-state index contributed by atoms with van der Waals surface area (Å²) in [4.78, 5) is 17.4. The first kappa shape index (κ1) is 20.3. The summed E-state index contributed by atoms with van der Waals surface area (Å²) in [5.41, 5.74) is 2.06. The van der Waals surface area contributed by atoms with Crippen molar-refractivity contribution >= 4 is 22.5 Å². The van der Waals surface area contributed by atoms with E-state index in [0.717, 1.165) is 34.9 Å². The average Bonchev–Trinajstić information content (AvgIpc) is 3.18. The lowest BCUT2D eigenvalue weighted by Crippen LogP contribution is -2.42. The summed E-state index contributed by atoms with van der Waals surface area (Å²) in [5.74, 6) is -0.434. The number of halogens is 1. The lowest BCUT2D eigenvalue weighted by Gasteiger charge is -2.23. The van der Waals surface area contributed by atoms with Crippen LogP contribution in [0, 0.1) is 0 Å². The molecule has 0 radical (unpaired) electrons. The van der Waals surface area contributed by atoms with E-state index in [4.69, 9.17) is 0 Å². The van der Waals surface area contributed by atoms with Gasteiger partial charge in [-0.2, -0.15) is 5.10 Å². The quantitative estimate of drug-likeness (QED) is 0.477. The van der Waals surface area contributed by atoms with Gasteiger partial charge in [0.25, 0.3) is 5.91 Å². The van der Waals surface area contributed by atoms with Crippen LogP contribution in [0.4, 0.5) is 10.1 Å². The third kappa shape index (κ3) is 4.14. The van der Waals surface area contributed by atoms with Gasteiger partial charge in [-0.1, -0.05) is 6.07 Å². The third-order valence-electron chi connectivity index (χ3n) is 5.58. The average molecular weight is 411 g/mol. The summed E-state index contributed by atoms with van der Waals surface area (Å²) in [6, 6.07) is 5.85. The molecule has 30 heavy (non-hydrogen) atoms. The molecule has 1 atom stereocenters. The van der Waals surface area contributed by atoms with Gasteiger partial charge in [-0.25, -0.2) is 4.39 Å².